The Morgan fingerprint density at radius 2 is 1.46 bits per heavy atom. The maximum absolute atomic E-state index is 12.7. The molecule has 0 saturated heterocycles. The summed E-state index contributed by atoms with van der Waals surface area (Å²) in [5.41, 5.74) is -1.27. The molecule has 0 amide bonds. The molecule has 208 valence electrons. The van der Waals surface area contributed by atoms with E-state index in [1.807, 2.05) is 0 Å². The predicted molar refractivity (Wildman–Crippen MR) is 134 cm³/mol. The monoisotopic (exact) mass is 544 g/mol. The molecule has 1 aliphatic rings. The molecule has 0 spiro atoms. The van der Waals surface area contributed by atoms with E-state index in [1.165, 1.54) is 55.7 Å². The van der Waals surface area contributed by atoms with Crippen molar-refractivity contribution < 1.29 is 58.9 Å². The normalized spacial score (nSPS) is 22.9. The number of carbonyl (C=O) groups is 3. The Balaban J connectivity index is 1.76. The summed E-state index contributed by atoms with van der Waals surface area (Å²) in [5.74, 6) is -3.67. The fourth-order valence-electron chi connectivity index (χ4n) is 4.01. The molecule has 0 heterocycles. The highest BCUT2D eigenvalue weighted by molar-refractivity contribution is 5.91. The van der Waals surface area contributed by atoms with Gasteiger partial charge in [0.05, 0.1) is 20.3 Å². The van der Waals surface area contributed by atoms with Crippen LogP contribution < -0.4 is 4.74 Å². The molecule has 39 heavy (non-hydrogen) atoms. The van der Waals surface area contributed by atoms with E-state index in [9.17, 15) is 39.9 Å². The van der Waals surface area contributed by atoms with E-state index < -0.39 is 60.4 Å². The minimum absolute atomic E-state index is 0.103. The second-order valence-corrected chi connectivity index (χ2v) is 8.69. The Kier molecular flexibility index (Phi) is 9.17. The second-order valence-electron chi connectivity index (χ2n) is 8.69. The van der Waals surface area contributed by atoms with Crippen LogP contribution in [0.25, 0.3) is 12.2 Å². The number of aromatic hydroxyl groups is 3. The third kappa shape index (κ3) is 7.06. The van der Waals surface area contributed by atoms with Gasteiger partial charge in [0.15, 0.2) is 23.0 Å². The maximum Gasteiger partial charge on any atom is 0.350 e. The molecule has 1 fully saturated rings. The standard InChI is InChI=1S/C27H28O12/c1-36-21-12-16(4-8-18(21)29)6-10-24(33)39-27(26(35)37-2)13-20(31)25(34)22(14-27)38-23(32)9-5-15-3-7-17(28)19(30)11-15/h3-12,20,22,25,28-31,34H,13-14H2,1-2H3/b9-5+,10-6+/t20-,22+,25+,27-/m1/s1. The molecule has 3 rings (SSSR count). The van der Waals surface area contributed by atoms with Crippen molar-refractivity contribution in [2.45, 2.75) is 36.8 Å². The van der Waals surface area contributed by atoms with Crippen LogP contribution in [0, 0.1) is 0 Å². The van der Waals surface area contributed by atoms with Crippen LogP contribution in [0.3, 0.4) is 0 Å². The highest BCUT2D eigenvalue weighted by Gasteiger charge is 2.54. The zero-order valence-electron chi connectivity index (χ0n) is 21.0. The number of phenols is 3. The lowest BCUT2D eigenvalue weighted by Crippen LogP contribution is -2.59. The lowest BCUT2D eigenvalue weighted by atomic mass is 9.79. The number of esters is 3. The number of hydrogen-bond donors (Lipinski definition) is 5. The minimum Gasteiger partial charge on any atom is -0.504 e. The molecule has 2 aromatic carbocycles. The summed E-state index contributed by atoms with van der Waals surface area (Å²) < 4.78 is 20.5. The van der Waals surface area contributed by atoms with Crippen LogP contribution in [0.15, 0.2) is 48.6 Å². The Labute approximate surface area is 222 Å². The third-order valence-electron chi connectivity index (χ3n) is 5.99. The molecule has 2 aromatic rings. The van der Waals surface area contributed by atoms with Gasteiger partial charge in [0, 0.05) is 25.0 Å². The number of rotatable bonds is 8. The second kappa shape index (κ2) is 12.3. The number of phenolic OH excluding ortho intramolecular Hbond substituents is 3. The van der Waals surface area contributed by atoms with Crippen LogP contribution in [-0.4, -0.2) is 81.6 Å². The summed E-state index contributed by atoms with van der Waals surface area (Å²) in [6.45, 7) is 0. The number of benzene rings is 2. The molecule has 1 aliphatic carbocycles. The number of hydrogen-bond acceptors (Lipinski definition) is 12. The van der Waals surface area contributed by atoms with E-state index in [0.717, 1.165) is 19.3 Å². The molecule has 0 radical (unpaired) electrons. The molecular weight excluding hydrogens is 516 g/mol. The van der Waals surface area contributed by atoms with Crippen LogP contribution in [0.2, 0.25) is 0 Å². The fourth-order valence-corrected chi connectivity index (χ4v) is 4.01. The lowest BCUT2D eigenvalue weighted by Gasteiger charge is -2.41. The van der Waals surface area contributed by atoms with E-state index in [-0.39, 0.29) is 17.2 Å². The van der Waals surface area contributed by atoms with Crippen molar-refractivity contribution in [2.75, 3.05) is 14.2 Å². The van der Waals surface area contributed by atoms with Gasteiger partial charge in [-0.3, -0.25) is 0 Å². The van der Waals surface area contributed by atoms with Crippen molar-refractivity contribution in [1.29, 1.82) is 0 Å². The number of aliphatic hydroxyl groups is 2. The van der Waals surface area contributed by atoms with E-state index in [1.54, 1.807) is 0 Å². The van der Waals surface area contributed by atoms with Gasteiger partial charge in [0.2, 0.25) is 5.60 Å². The summed E-state index contributed by atoms with van der Waals surface area (Å²) in [7, 11) is 2.40. The van der Waals surface area contributed by atoms with Gasteiger partial charge >= 0.3 is 17.9 Å². The minimum atomic E-state index is -2.08. The lowest BCUT2D eigenvalue weighted by molar-refractivity contribution is -0.208. The van der Waals surface area contributed by atoms with E-state index >= 15 is 0 Å². The van der Waals surface area contributed by atoms with Crippen LogP contribution >= 0.6 is 0 Å². The van der Waals surface area contributed by atoms with E-state index in [0.29, 0.717) is 11.1 Å². The molecule has 4 atom stereocenters. The average molecular weight is 545 g/mol. The van der Waals surface area contributed by atoms with Crippen molar-refractivity contribution in [2.24, 2.45) is 0 Å². The van der Waals surface area contributed by atoms with Crippen molar-refractivity contribution in [3.8, 4) is 23.0 Å². The first-order chi connectivity index (χ1) is 18.5. The summed E-state index contributed by atoms with van der Waals surface area (Å²) >= 11 is 0. The Morgan fingerprint density at radius 1 is 0.846 bits per heavy atom. The molecular formula is C27H28O12. The molecule has 5 N–H and O–H groups in total. The van der Waals surface area contributed by atoms with E-state index in [2.05, 4.69) is 0 Å². The van der Waals surface area contributed by atoms with Gasteiger partial charge in [0.25, 0.3) is 0 Å². The average Bonchev–Trinajstić information content (AvgIpc) is 2.91. The highest BCUT2D eigenvalue weighted by Crippen LogP contribution is 2.36. The highest BCUT2D eigenvalue weighted by atomic mass is 16.6. The quantitative estimate of drug-likeness (QED) is 0.139. The molecule has 1 saturated carbocycles. The van der Waals surface area contributed by atoms with Crippen LogP contribution in [0.4, 0.5) is 0 Å². The van der Waals surface area contributed by atoms with Gasteiger partial charge in [-0.15, -0.1) is 0 Å². The van der Waals surface area contributed by atoms with E-state index in [4.69, 9.17) is 18.9 Å². The topological polar surface area (TPSA) is 189 Å². The smallest absolute Gasteiger partial charge is 0.350 e. The van der Waals surface area contributed by atoms with Gasteiger partial charge < -0.3 is 44.5 Å². The van der Waals surface area contributed by atoms with Crippen LogP contribution in [-0.2, 0) is 28.6 Å². The number of methoxy groups -OCH3 is 2. The van der Waals surface area contributed by atoms with Crippen LogP contribution in [0.1, 0.15) is 24.0 Å². The van der Waals surface area contributed by atoms with Gasteiger partial charge in [-0.2, -0.15) is 0 Å². The van der Waals surface area contributed by atoms with Gasteiger partial charge in [-0.25, -0.2) is 14.4 Å². The van der Waals surface area contributed by atoms with Gasteiger partial charge in [0.1, 0.15) is 12.2 Å². The zero-order valence-corrected chi connectivity index (χ0v) is 21.0. The van der Waals surface area contributed by atoms with Crippen molar-refractivity contribution >= 4 is 30.1 Å². The van der Waals surface area contributed by atoms with Crippen molar-refractivity contribution in [1.82, 2.24) is 0 Å². The summed E-state index contributed by atoms with van der Waals surface area (Å²) in [6, 6.07) is 8.15. The largest absolute Gasteiger partial charge is 0.504 e. The summed E-state index contributed by atoms with van der Waals surface area (Å²) in [6.07, 6.45) is -1.13. The fraction of sp³-hybridized carbons (Fsp3) is 0.296. The summed E-state index contributed by atoms with van der Waals surface area (Å²) in [5, 5.41) is 49.5. The van der Waals surface area contributed by atoms with Gasteiger partial charge in [-0.05, 0) is 47.5 Å². The van der Waals surface area contributed by atoms with Crippen molar-refractivity contribution in [3.63, 3.8) is 0 Å². The molecule has 0 bridgehead atoms. The first-order valence-electron chi connectivity index (χ1n) is 11.6. The predicted octanol–water partition coefficient (Wildman–Crippen LogP) is 1.42. The summed E-state index contributed by atoms with van der Waals surface area (Å²) in [4.78, 5) is 37.8. The Morgan fingerprint density at radius 3 is 2.08 bits per heavy atom. The first kappa shape index (κ1) is 29.0. The number of carbonyl (C=O) groups excluding carboxylic acids is 3. The van der Waals surface area contributed by atoms with Crippen LogP contribution in [0.5, 0.6) is 23.0 Å². The van der Waals surface area contributed by atoms with Gasteiger partial charge in [-0.1, -0.05) is 12.1 Å². The SMILES string of the molecule is COC(=O)[C@@]1(OC(=O)/C=C/c2ccc(O)c(OC)c2)C[C@@H](O)[C@H](O)[C@@H](OC(=O)/C=C/c2ccc(O)c(O)c2)C1. The van der Waals surface area contributed by atoms with Crippen molar-refractivity contribution in [3.05, 3.63) is 59.7 Å². The Bertz CT molecular complexity index is 1280. The molecule has 0 aromatic heterocycles. The molecule has 0 aliphatic heterocycles. The molecule has 12 heteroatoms. The maximum atomic E-state index is 12.7. The zero-order chi connectivity index (χ0) is 28.7. The third-order valence-corrected chi connectivity index (χ3v) is 5.99. The number of ether oxygens (including phenoxy) is 4. The first-order valence-corrected chi connectivity index (χ1v) is 11.6. The Hall–Kier alpha value is -4.55. The molecule has 0 unspecified atom stereocenters. The molecule has 12 nitrogen and oxygen atoms in total. The number of aliphatic hydroxyl groups excluding tert-OH is 2.